The highest BCUT2D eigenvalue weighted by Crippen LogP contribution is 2.33. The Balaban J connectivity index is 2.48. The van der Waals surface area contributed by atoms with Crippen LogP contribution in [0.15, 0.2) is 18.2 Å². The van der Waals surface area contributed by atoms with Crippen LogP contribution >= 0.6 is 11.6 Å². The molecule has 2 rings (SSSR count). The Bertz CT molecular complexity index is 604. The van der Waals surface area contributed by atoms with E-state index in [1.54, 1.807) is 30.9 Å². The van der Waals surface area contributed by atoms with E-state index in [2.05, 4.69) is 5.32 Å². The van der Waals surface area contributed by atoms with Gasteiger partial charge in [0, 0.05) is 0 Å². The fourth-order valence-electron chi connectivity index (χ4n) is 1.96. The number of nitrogens with zero attached hydrogens (tertiary/aromatic N) is 2. The summed E-state index contributed by atoms with van der Waals surface area (Å²) < 4.78 is 0. The molecule has 1 aliphatic rings. The van der Waals surface area contributed by atoms with Crippen LogP contribution in [0.1, 0.15) is 19.4 Å². The second kappa shape index (κ2) is 4.56. The number of nitrogens with one attached hydrogen (secondary N) is 1. The van der Waals surface area contributed by atoms with Gasteiger partial charge in [-0.05, 0) is 32.0 Å². The van der Waals surface area contributed by atoms with Crippen LogP contribution in [-0.2, 0) is 9.59 Å². The number of amides is 2. The second-order valence-electron chi connectivity index (χ2n) is 4.80. The van der Waals surface area contributed by atoms with Crippen LogP contribution in [0.4, 0.5) is 5.69 Å². The van der Waals surface area contributed by atoms with Crippen LogP contribution in [0.2, 0.25) is 5.02 Å². The first kappa shape index (κ1) is 13.4. The van der Waals surface area contributed by atoms with Gasteiger partial charge in [-0.1, -0.05) is 11.6 Å². The van der Waals surface area contributed by atoms with Gasteiger partial charge in [-0.2, -0.15) is 5.26 Å². The van der Waals surface area contributed by atoms with Crippen molar-refractivity contribution in [3.63, 3.8) is 0 Å². The predicted octanol–water partition coefficient (Wildman–Crippen LogP) is 1.45. The zero-order chi connectivity index (χ0) is 14.2. The van der Waals surface area contributed by atoms with Crippen molar-refractivity contribution in [3.05, 3.63) is 28.8 Å². The van der Waals surface area contributed by atoms with Gasteiger partial charge < -0.3 is 4.90 Å². The lowest BCUT2D eigenvalue weighted by molar-refractivity contribution is -0.135. The zero-order valence-electron chi connectivity index (χ0n) is 10.5. The number of hydrogen-bond donors (Lipinski definition) is 1. The molecule has 1 saturated heterocycles. The van der Waals surface area contributed by atoms with Crippen LogP contribution in [0.3, 0.4) is 0 Å². The molecule has 0 aliphatic carbocycles. The van der Waals surface area contributed by atoms with Crippen molar-refractivity contribution in [1.82, 2.24) is 5.32 Å². The summed E-state index contributed by atoms with van der Waals surface area (Å²) >= 11 is 6.13. The van der Waals surface area contributed by atoms with Crippen molar-refractivity contribution in [3.8, 4) is 6.07 Å². The number of halogens is 1. The van der Waals surface area contributed by atoms with E-state index >= 15 is 0 Å². The van der Waals surface area contributed by atoms with Crippen molar-refractivity contribution in [1.29, 1.82) is 5.26 Å². The first-order valence-corrected chi connectivity index (χ1v) is 6.05. The van der Waals surface area contributed by atoms with Crippen LogP contribution in [0.5, 0.6) is 0 Å². The number of hydrogen-bond acceptors (Lipinski definition) is 4. The molecule has 0 unspecified atom stereocenters. The van der Waals surface area contributed by atoms with E-state index in [-0.39, 0.29) is 18.4 Å². The maximum Gasteiger partial charge on any atom is 0.251 e. The van der Waals surface area contributed by atoms with Crippen LogP contribution in [-0.4, -0.2) is 23.9 Å². The molecule has 0 saturated carbocycles. The third-order valence-corrected chi connectivity index (χ3v) is 3.46. The van der Waals surface area contributed by atoms with Crippen molar-refractivity contribution in [2.24, 2.45) is 0 Å². The summed E-state index contributed by atoms with van der Waals surface area (Å²) in [7, 11) is 0. The normalized spacial score (nSPS) is 17.9. The minimum absolute atomic E-state index is 0.0460. The molecule has 2 amide bonds. The molecule has 0 atom stereocenters. The monoisotopic (exact) mass is 277 g/mol. The van der Waals surface area contributed by atoms with Gasteiger partial charge in [-0.3, -0.25) is 14.9 Å². The molecule has 1 fully saturated rings. The van der Waals surface area contributed by atoms with Gasteiger partial charge in [-0.25, -0.2) is 0 Å². The van der Waals surface area contributed by atoms with Crippen molar-refractivity contribution < 1.29 is 9.59 Å². The summed E-state index contributed by atoms with van der Waals surface area (Å²) in [5, 5.41) is 11.4. The number of rotatable bonds is 1. The highest BCUT2D eigenvalue weighted by molar-refractivity contribution is 6.33. The minimum Gasteiger partial charge on any atom is -0.347 e. The molecule has 0 radical (unpaired) electrons. The van der Waals surface area contributed by atoms with Crippen molar-refractivity contribution in [2.75, 3.05) is 11.4 Å². The van der Waals surface area contributed by atoms with E-state index in [1.165, 1.54) is 6.07 Å². The number of carbonyl (C=O) groups excluding carboxylic acids is 2. The van der Waals surface area contributed by atoms with E-state index < -0.39 is 5.54 Å². The van der Waals surface area contributed by atoms with E-state index in [0.717, 1.165) is 0 Å². The fourth-order valence-corrected chi connectivity index (χ4v) is 2.25. The first-order valence-electron chi connectivity index (χ1n) is 5.68. The molecule has 1 aromatic carbocycles. The quantitative estimate of drug-likeness (QED) is 0.789. The van der Waals surface area contributed by atoms with Gasteiger partial charge in [0.25, 0.3) is 5.91 Å². The van der Waals surface area contributed by atoms with Gasteiger partial charge >= 0.3 is 0 Å². The Morgan fingerprint density at radius 1 is 1.42 bits per heavy atom. The average Bonchev–Trinajstić information content (AvgIpc) is 2.34. The topological polar surface area (TPSA) is 73.2 Å². The summed E-state index contributed by atoms with van der Waals surface area (Å²) in [6.07, 6.45) is 0. The number of imide groups is 1. The van der Waals surface area contributed by atoms with E-state index in [4.69, 9.17) is 16.9 Å². The van der Waals surface area contributed by atoms with Crippen LogP contribution in [0, 0.1) is 11.3 Å². The Morgan fingerprint density at radius 2 is 2.11 bits per heavy atom. The van der Waals surface area contributed by atoms with Gasteiger partial charge in [0.1, 0.15) is 5.54 Å². The van der Waals surface area contributed by atoms with Crippen LogP contribution < -0.4 is 10.2 Å². The highest BCUT2D eigenvalue weighted by atomic mass is 35.5. The summed E-state index contributed by atoms with van der Waals surface area (Å²) in [4.78, 5) is 25.0. The molecule has 19 heavy (non-hydrogen) atoms. The maximum atomic E-state index is 11.9. The molecule has 1 N–H and O–H groups in total. The SMILES string of the molecule is CC1(C)C(=O)NC(=O)CN1c1ccc(C#N)cc1Cl. The van der Waals surface area contributed by atoms with Gasteiger partial charge in [0.05, 0.1) is 28.9 Å². The summed E-state index contributed by atoms with van der Waals surface area (Å²) in [6, 6.07) is 6.76. The Hall–Kier alpha value is -2.06. The number of piperazine rings is 1. The molecular formula is C13H12ClN3O2. The largest absolute Gasteiger partial charge is 0.347 e. The Morgan fingerprint density at radius 3 is 2.68 bits per heavy atom. The molecular weight excluding hydrogens is 266 g/mol. The first-order chi connectivity index (χ1) is 8.86. The summed E-state index contributed by atoms with van der Waals surface area (Å²) in [5.41, 5.74) is 0.110. The minimum atomic E-state index is -0.883. The molecule has 5 nitrogen and oxygen atoms in total. The molecule has 1 aliphatic heterocycles. The van der Waals surface area contributed by atoms with E-state index in [0.29, 0.717) is 16.3 Å². The molecule has 0 spiro atoms. The summed E-state index contributed by atoms with van der Waals surface area (Å²) in [6.45, 7) is 3.47. The number of nitriles is 1. The van der Waals surface area contributed by atoms with Gasteiger partial charge in [-0.15, -0.1) is 0 Å². The molecule has 1 heterocycles. The van der Waals surface area contributed by atoms with Crippen molar-refractivity contribution in [2.45, 2.75) is 19.4 Å². The molecule has 98 valence electrons. The molecule has 0 bridgehead atoms. The van der Waals surface area contributed by atoms with Gasteiger partial charge in [0.2, 0.25) is 5.91 Å². The fraction of sp³-hybridized carbons (Fsp3) is 0.308. The second-order valence-corrected chi connectivity index (χ2v) is 5.21. The number of benzene rings is 1. The lowest BCUT2D eigenvalue weighted by atomic mass is 9.97. The number of anilines is 1. The lowest BCUT2D eigenvalue weighted by Gasteiger charge is -2.42. The Kier molecular flexibility index (Phi) is 3.21. The van der Waals surface area contributed by atoms with E-state index in [9.17, 15) is 9.59 Å². The summed E-state index contributed by atoms with van der Waals surface area (Å²) in [5.74, 6) is -0.742. The molecule has 6 heteroatoms. The van der Waals surface area contributed by atoms with E-state index in [1.807, 2.05) is 6.07 Å². The highest BCUT2D eigenvalue weighted by Gasteiger charge is 2.41. The van der Waals surface area contributed by atoms with Crippen LogP contribution in [0.25, 0.3) is 0 Å². The Labute approximate surface area is 115 Å². The zero-order valence-corrected chi connectivity index (χ0v) is 11.3. The standard InChI is InChI=1S/C13H12ClN3O2/c1-13(2)12(19)16-11(18)7-17(13)10-4-3-8(6-15)5-9(10)14/h3-5H,7H2,1-2H3,(H,16,18,19). The van der Waals surface area contributed by atoms with Gasteiger partial charge in [0.15, 0.2) is 0 Å². The number of carbonyl (C=O) groups is 2. The maximum absolute atomic E-state index is 11.9. The third kappa shape index (κ3) is 2.27. The molecule has 0 aromatic heterocycles. The third-order valence-electron chi connectivity index (χ3n) is 3.15. The lowest BCUT2D eigenvalue weighted by Crippen LogP contribution is -2.64. The molecule has 1 aromatic rings. The average molecular weight is 278 g/mol. The predicted molar refractivity (Wildman–Crippen MR) is 70.7 cm³/mol. The van der Waals surface area contributed by atoms with Crippen molar-refractivity contribution >= 4 is 29.1 Å². The smallest absolute Gasteiger partial charge is 0.251 e.